The predicted molar refractivity (Wildman–Crippen MR) is 245 cm³/mol. The molecule has 3 aromatic carbocycles. The average Bonchev–Trinajstić information content (AvgIpc) is 3.76. The van der Waals surface area contributed by atoms with E-state index < -0.39 is 23.4 Å². The summed E-state index contributed by atoms with van der Waals surface area (Å²) in [6.07, 6.45) is 5.94. The Morgan fingerprint density at radius 3 is 2.45 bits per heavy atom. The first kappa shape index (κ1) is 43.5. The Bertz CT molecular complexity index is 2770. The predicted octanol–water partition coefficient (Wildman–Crippen LogP) is 6.86. The second-order valence-corrected chi connectivity index (χ2v) is 19.3. The van der Waals surface area contributed by atoms with Gasteiger partial charge in [-0.2, -0.15) is 9.97 Å². The van der Waals surface area contributed by atoms with Gasteiger partial charge in [-0.3, -0.25) is 34.5 Å². The van der Waals surface area contributed by atoms with Gasteiger partial charge in [0.25, 0.3) is 5.91 Å². The molecule has 16 heteroatoms. The number of phenols is 1. The van der Waals surface area contributed by atoms with Gasteiger partial charge in [-0.15, -0.1) is 0 Å². The van der Waals surface area contributed by atoms with E-state index in [4.69, 9.17) is 24.4 Å². The molecular weight excluding hydrogens is 844 g/mol. The molecular formula is C50H55FN8O7. The van der Waals surface area contributed by atoms with Crippen molar-refractivity contribution in [2.75, 3.05) is 44.2 Å². The average molecular weight is 899 g/mol. The number of anilines is 1. The Morgan fingerprint density at radius 2 is 1.73 bits per heavy atom. The zero-order chi connectivity index (χ0) is 46.0. The molecule has 0 saturated carbocycles. The summed E-state index contributed by atoms with van der Waals surface area (Å²) in [7, 11) is 0. The molecule has 4 fully saturated rings. The Hall–Kier alpha value is -6.42. The monoisotopic (exact) mass is 898 g/mol. The van der Waals surface area contributed by atoms with E-state index in [1.54, 1.807) is 23.2 Å². The Morgan fingerprint density at radius 1 is 0.955 bits per heavy atom. The molecule has 5 aliphatic heterocycles. The van der Waals surface area contributed by atoms with Crippen LogP contribution in [0.1, 0.15) is 99.2 Å². The molecule has 4 amide bonds. The minimum atomic E-state index is -0.646. The van der Waals surface area contributed by atoms with Gasteiger partial charge in [0, 0.05) is 49.9 Å². The molecule has 5 aliphatic rings. The van der Waals surface area contributed by atoms with Crippen LogP contribution < -0.4 is 15.0 Å². The first-order chi connectivity index (χ1) is 31.7. The number of ether oxygens (including phenoxy) is 2. The van der Waals surface area contributed by atoms with Gasteiger partial charge < -0.3 is 24.4 Å². The molecule has 2 bridgehead atoms. The summed E-state index contributed by atoms with van der Waals surface area (Å²) in [5.41, 5.74) is 3.65. The molecule has 0 radical (unpaired) electrons. The Labute approximate surface area is 382 Å². The normalized spacial score (nSPS) is 21.5. The number of imide groups is 1. The summed E-state index contributed by atoms with van der Waals surface area (Å²) in [4.78, 5) is 73.1. The number of rotatable bonds is 9. The number of amides is 4. The summed E-state index contributed by atoms with van der Waals surface area (Å²) in [5.74, 6) is -0.749. The second kappa shape index (κ2) is 17.1. The number of nitrogens with one attached hydrogen (secondary N) is 1. The molecule has 0 spiro atoms. The lowest BCUT2D eigenvalue weighted by Crippen LogP contribution is -2.57. The molecule has 0 aliphatic carbocycles. The summed E-state index contributed by atoms with van der Waals surface area (Å²) < 4.78 is 29.4. The van der Waals surface area contributed by atoms with E-state index in [0.717, 1.165) is 60.7 Å². The zero-order valence-corrected chi connectivity index (χ0v) is 37.8. The van der Waals surface area contributed by atoms with Gasteiger partial charge in [0.05, 0.1) is 17.5 Å². The van der Waals surface area contributed by atoms with Crippen LogP contribution in [0.15, 0.2) is 54.7 Å². The third-order valence-corrected chi connectivity index (χ3v) is 14.0. The van der Waals surface area contributed by atoms with E-state index in [-0.39, 0.29) is 66.0 Å². The fourth-order valence-corrected chi connectivity index (χ4v) is 10.8. The Balaban J connectivity index is 0.873. The van der Waals surface area contributed by atoms with Crippen molar-refractivity contribution in [3.05, 3.63) is 82.8 Å². The van der Waals surface area contributed by atoms with Crippen LogP contribution in [0.2, 0.25) is 0 Å². The number of hydrogen-bond acceptors (Lipinski definition) is 12. The number of phenolic OH excluding ortho intramolecular Hbond substituents is 1. The number of piperidine rings is 2. The highest BCUT2D eigenvalue weighted by Gasteiger charge is 2.45. The molecule has 10 rings (SSSR count). The smallest absolute Gasteiger partial charge is 0.410 e. The van der Waals surface area contributed by atoms with E-state index in [9.17, 15) is 24.3 Å². The van der Waals surface area contributed by atoms with E-state index in [1.165, 1.54) is 5.56 Å². The van der Waals surface area contributed by atoms with E-state index in [2.05, 4.69) is 21.2 Å². The second-order valence-electron chi connectivity index (χ2n) is 19.3. The van der Waals surface area contributed by atoms with Crippen molar-refractivity contribution in [2.24, 2.45) is 0 Å². The maximum absolute atomic E-state index is 17.3. The number of likely N-dealkylation sites (tertiary alicyclic amines) is 1. The molecule has 3 atom stereocenters. The fraction of sp³-hybridized carbons (Fsp3) is 0.460. The number of aromatic nitrogens is 3. The number of halogens is 1. The topological polar surface area (TPSA) is 171 Å². The van der Waals surface area contributed by atoms with Crippen molar-refractivity contribution in [1.82, 2.24) is 35.0 Å². The standard InChI is InChI=1S/C50H55FN8O7/c1-5-28-7-6-8-31-22-35(60)23-37(41(28)31)43-42(51)44-38(24-52-43)45(57-26-33-10-11-34(27-57)59(33)49(64)66-50(2,3)4)55-48(54-44)65-20-19-56-17-15-29(16-18-56)30-9-12-36-32(21-30)25-58(47(36)63)39-13-14-40(61)53-46(39)62/h6-9,12,21-24,29,33-34,39,60H,5,10-11,13-20,25-27H2,1-4H3,(H,53,61,62). The van der Waals surface area contributed by atoms with Gasteiger partial charge in [-0.1, -0.05) is 37.3 Å². The van der Waals surface area contributed by atoms with E-state index >= 15 is 4.39 Å². The van der Waals surface area contributed by atoms with E-state index in [0.29, 0.717) is 67.3 Å². The number of aryl methyl sites for hydroxylation is 1. The Kier molecular flexibility index (Phi) is 11.3. The third-order valence-electron chi connectivity index (χ3n) is 14.0. The molecule has 15 nitrogen and oxygen atoms in total. The first-order valence-corrected chi connectivity index (χ1v) is 23.2. The largest absolute Gasteiger partial charge is 0.508 e. The van der Waals surface area contributed by atoms with E-state index in [1.807, 2.05) is 62.9 Å². The molecule has 344 valence electrons. The van der Waals surface area contributed by atoms with Crippen molar-refractivity contribution in [3.8, 4) is 23.0 Å². The highest BCUT2D eigenvalue weighted by atomic mass is 19.1. The highest BCUT2D eigenvalue weighted by molar-refractivity contribution is 6.05. The van der Waals surface area contributed by atoms with Crippen LogP contribution in [-0.4, -0.2) is 122 Å². The number of piperazine rings is 1. The maximum Gasteiger partial charge on any atom is 0.410 e. The van der Waals surface area contributed by atoms with Crippen LogP contribution in [0.25, 0.3) is 32.9 Å². The number of pyridine rings is 1. The van der Waals surface area contributed by atoms with Crippen LogP contribution in [0.4, 0.5) is 15.0 Å². The number of carbonyl (C=O) groups is 4. The number of fused-ring (bicyclic) bond motifs is 5. The van der Waals surface area contributed by atoms with Crippen LogP contribution in [0.5, 0.6) is 11.8 Å². The van der Waals surface area contributed by atoms with Crippen LogP contribution in [0.3, 0.4) is 0 Å². The minimum Gasteiger partial charge on any atom is -0.508 e. The molecule has 2 N–H and O–H groups in total. The molecule has 66 heavy (non-hydrogen) atoms. The molecule has 5 aromatic rings. The van der Waals surface area contributed by atoms with Crippen molar-refractivity contribution in [3.63, 3.8) is 0 Å². The van der Waals surface area contributed by atoms with Gasteiger partial charge in [0.2, 0.25) is 11.8 Å². The molecule has 7 heterocycles. The summed E-state index contributed by atoms with van der Waals surface area (Å²) in [5, 5.41) is 15.2. The lowest BCUT2D eigenvalue weighted by molar-refractivity contribution is -0.136. The minimum absolute atomic E-state index is 0.00366. The number of nitrogens with zero attached hydrogens (tertiary/aromatic N) is 7. The number of benzene rings is 3. The van der Waals surface area contributed by atoms with Crippen LogP contribution >= 0.6 is 0 Å². The molecule has 4 saturated heterocycles. The zero-order valence-electron chi connectivity index (χ0n) is 37.8. The third kappa shape index (κ3) is 8.13. The van der Waals surface area contributed by atoms with Crippen LogP contribution in [-0.2, 0) is 27.3 Å². The summed E-state index contributed by atoms with van der Waals surface area (Å²) in [6, 6.07) is 14.2. The fourth-order valence-electron chi connectivity index (χ4n) is 10.8. The SMILES string of the molecule is CCc1cccc2cc(O)cc(-c3ncc4c(N5CC6CCC(C5)N6C(=O)OC(C)(C)C)nc(OCCN5CCC(c6ccc7c(c6)CN(C6CCC(=O)NC6=O)C7=O)CC5)nc4c3F)c12. The summed E-state index contributed by atoms with van der Waals surface area (Å²) in [6.45, 7) is 11.4. The highest BCUT2D eigenvalue weighted by Crippen LogP contribution is 2.41. The van der Waals surface area contributed by atoms with Gasteiger partial charge in [0.1, 0.15) is 41.0 Å². The van der Waals surface area contributed by atoms with Gasteiger partial charge in [0.15, 0.2) is 5.82 Å². The summed E-state index contributed by atoms with van der Waals surface area (Å²) >= 11 is 0. The molecule has 3 unspecified atom stereocenters. The number of hydrogen-bond donors (Lipinski definition) is 2. The maximum atomic E-state index is 17.3. The van der Waals surface area contributed by atoms with Crippen molar-refractivity contribution in [1.29, 1.82) is 0 Å². The lowest BCUT2D eigenvalue weighted by atomic mass is 9.88. The van der Waals surface area contributed by atoms with Crippen molar-refractivity contribution in [2.45, 2.75) is 109 Å². The lowest BCUT2D eigenvalue weighted by Gasteiger charge is -2.42. The van der Waals surface area contributed by atoms with Crippen molar-refractivity contribution >= 4 is 51.3 Å². The molecule has 2 aromatic heterocycles. The van der Waals surface area contributed by atoms with Crippen LogP contribution in [0, 0.1) is 5.82 Å². The van der Waals surface area contributed by atoms with Gasteiger partial charge in [-0.05, 0) is 124 Å². The quantitative estimate of drug-likeness (QED) is 0.148. The first-order valence-electron chi connectivity index (χ1n) is 23.2. The van der Waals surface area contributed by atoms with Crippen molar-refractivity contribution < 1.29 is 38.1 Å². The number of carbonyl (C=O) groups excluding carboxylic acids is 4. The number of aromatic hydroxyl groups is 1. The van der Waals surface area contributed by atoms with Gasteiger partial charge >= 0.3 is 12.1 Å². The van der Waals surface area contributed by atoms with Gasteiger partial charge in [-0.25, -0.2) is 9.18 Å².